The molecule has 0 radical (unpaired) electrons. The Kier molecular flexibility index (Phi) is 4.60. The van der Waals surface area contributed by atoms with Crippen LogP contribution in [0.2, 0.25) is 0 Å². The van der Waals surface area contributed by atoms with Gasteiger partial charge in [0.15, 0.2) is 5.78 Å². The van der Waals surface area contributed by atoms with E-state index in [1.807, 2.05) is 0 Å². The summed E-state index contributed by atoms with van der Waals surface area (Å²) in [5.74, 6) is 0.311. The number of hydrogen-bond acceptors (Lipinski definition) is 1. The Hall–Kier alpha value is -1.11. The molecule has 116 valence electrons. The lowest BCUT2D eigenvalue weighted by Gasteiger charge is -2.42. The van der Waals surface area contributed by atoms with Crippen LogP contribution in [0.5, 0.6) is 0 Å². The summed E-state index contributed by atoms with van der Waals surface area (Å²) in [6, 6.07) is 6.45. The first-order chi connectivity index (χ1) is 9.78. The van der Waals surface area contributed by atoms with Crippen molar-refractivity contribution >= 4 is 5.78 Å². The van der Waals surface area contributed by atoms with Crippen LogP contribution in [0, 0.1) is 0 Å². The molecule has 0 heterocycles. The molecule has 0 aromatic heterocycles. The van der Waals surface area contributed by atoms with Crippen molar-refractivity contribution in [1.82, 2.24) is 0 Å². The van der Waals surface area contributed by atoms with Crippen LogP contribution in [-0.2, 0) is 10.8 Å². The predicted molar refractivity (Wildman–Crippen MR) is 90.2 cm³/mol. The molecular formula is C20H30O. The van der Waals surface area contributed by atoms with Crippen molar-refractivity contribution in [2.75, 3.05) is 0 Å². The minimum absolute atomic E-state index is 0.185. The van der Waals surface area contributed by atoms with Crippen LogP contribution in [0.1, 0.15) is 94.6 Å². The van der Waals surface area contributed by atoms with Crippen LogP contribution in [0.15, 0.2) is 18.2 Å². The SMILES string of the molecule is CCCCCC(=O)c1ccc2c(c1)C(C)(C)CCC2(C)C. The Morgan fingerprint density at radius 3 is 2.24 bits per heavy atom. The van der Waals surface area contributed by atoms with Gasteiger partial charge in [-0.05, 0) is 47.3 Å². The molecule has 21 heavy (non-hydrogen) atoms. The molecule has 0 atom stereocenters. The molecule has 0 amide bonds. The summed E-state index contributed by atoms with van der Waals surface area (Å²) in [4.78, 5) is 12.4. The third-order valence-corrected chi connectivity index (χ3v) is 5.18. The van der Waals surface area contributed by atoms with E-state index in [1.165, 1.54) is 30.4 Å². The van der Waals surface area contributed by atoms with E-state index >= 15 is 0 Å². The van der Waals surface area contributed by atoms with Crippen molar-refractivity contribution in [3.05, 3.63) is 34.9 Å². The van der Waals surface area contributed by atoms with Crippen LogP contribution in [0.3, 0.4) is 0 Å². The van der Waals surface area contributed by atoms with E-state index in [-0.39, 0.29) is 10.8 Å². The van der Waals surface area contributed by atoms with Gasteiger partial charge in [0.1, 0.15) is 0 Å². The molecular weight excluding hydrogens is 256 g/mol. The molecule has 1 aromatic rings. The summed E-state index contributed by atoms with van der Waals surface area (Å²) >= 11 is 0. The Morgan fingerprint density at radius 2 is 1.62 bits per heavy atom. The first-order valence-corrected chi connectivity index (χ1v) is 8.46. The molecule has 0 saturated carbocycles. The molecule has 0 saturated heterocycles. The number of rotatable bonds is 5. The van der Waals surface area contributed by atoms with Crippen molar-refractivity contribution in [2.24, 2.45) is 0 Å². The van der Waals surface area contributed by atoms with Gasteiger partial charge in [-0.2, -0.15) is 0 Å². The van der Waals surface area contributed by atoms with E-state index in [0.29, 0.717) is 12.2 Å². The van der Waals surface area contributed by atoms with Gasteiger partial charge in [0, 0.05) is 12.0 Å². The zero-order chi connectivity index (χ0) is 15.7. The number of carbonyl (C=O) groups is 1. The molecule has 1 nitrogen and oxygen atoms in total. The van der Waals surface area contributed by atoms with Crippen LogP contribution in [0.25, 0.3) is 0 Å². The normalized spacial score (nSPS) is 19.1. The maximum absolute atomic E-state index is 12.4. The molecule has 2 rings (SSSR count). The largest absolute Gasteiger partial charge is 0.294 e. The number of Topliss-reactive ketones (excluding diaryl/α,β-unsaturated/α-hetero) is 1. The Balaban J connectivity index is 2.31. The second kappa shape index (κ2) is 5.94. The summed E-state index contributed by atoms with van der Waals surface area (Å²) < 4.78 is 0. The molecule has 1 heteroatoms. The smallest absolute Gasteiger partial charge is 0.162 e. The highest BCUT2D eigenvalue weighted by molar-refractivity contribution is 5.96. The van der Waals surface area contributed by atoms with Crippen LogP contribution in [-0.4, -0.2) is 5.78 Å². The monoisotopic (exact) mass is 286 g/mol. The zero-order valence-corrected chi connectivity index (χ0v) is 14.4. The fourth-order valence-electron chi connectivity index (χ4n) is 3.44. The number of carbonyl (C=O) groups excluding carboxylic acids is 1. The highest BCUT2D eigenvalue weighted by atomic mass is 16.1. The number of ketones is 1. The lowest BCUT2D eigenvalue weighted by atomic mass is 9.63. The van der Waals surface area contributed by atoms with E-state index in [0.717, 1.165) is 18.4 Å². The lowest BCUT2D eigenvalue weighted by Crippen LogP contribution is -2.34. The quantitative estimate of drug-likeness (QED) is 0.494. The summed E-state index contributed by atoms with van der Waals surface area (Å²) in [6.45, 7) is 11.4. The molecule has 0 fully saturated rings. The molecule has 1 aromatic carbocycles. The molecule has 1 aliphatic carbocycles. The lowest BCUT2D eigenvalue weighted by molar-refractivity contribution is 0.0979. The molecule has 0 aliphatic heterocycles. The number of hydrogen-bond donors (Lipinski definition) is 0. The van der Waals surface area contributed by atoms with Gasteiger partial charge in [-0.25, -0.2) is 0 Å². The minimum Gasteiger partial charge on any atom is -0.294 e. The summed E-state index contributed by atoms with van der Waals surface area (Å²) in [5.41, 5.74) is 4.15. The third kappa shape index (κ3) is 3.39. The molecule has 0 spiro atoms. The topological polar surface area (TPSA) is 17.1 Å². The fourth-order valence-corrected chi connectivity index (χ4v) is 3.44. The second-order valence-electron chi connectivity index (χ2n) is 7.91. The average Bonchev–Trinajstić information content (AvgIpc) is 2.44. The van der Waals surface area contributed by atoms with E-state index in [4.69, 9.17) is 0 Å². The predicted octanol–water partition coefficient (Wildman–Crippen LogP) is 5.80. The number of benzene rings is 1. The fraction of sp³-hybridized carbons (Fsp3) is 0.650. The van der Waals surface area contributed by atoms with E-state index in [9.17, 15) is 4.79 Å². The highest BCUT2D eigenvalue weighted by Crippen LogP contribution is 2.45. The van der Waals surface area contributed by atoms with E-state index in [2.05, 4.69) is 52.8 Å². The Morgan fingerprint density at radius 1 is 1.00 bits per heavy atom. The molecule has 1 aliphatic rings. The van der Waals surface area contributed by atoms with Gasteiger partial charge in [0.05, 0.1) is 0 Å². The highest BCUT2D eigenvalue weighted by Gasteiger charge is 2.37. The summed E-state index contributed by atoms with van der Waals surface area (Å²) in [7, 11) is 0. The van der Waals surface area contributed by atoms with Gasteiger partial charge in [-0.1, -0.05) is 59.6 Å². The van der Waals surface area contributed by atoms with Crippen LogP contribution < -0.4 is 0 Å². The molecule has 0 N–H and O–H groups in total. The van der Waals surface area contributed by atoms with Crippen molar-refractivity contribution in [2.45, 2.75) is 84.0 Å². The Labute approximate surface area is 130 Å². The van der Waals surface area contributed by atoms with Gasteiger partial charge >= 0.3 is 0 Å². The van der Waals surface area contributed by atoms with Gasteiger partial charge < -0.3 is 0 Å². The van der Waals surface area contributed by atoms with E-state index < -0.39 is 0 Å². The van der Waals surface area contributed by atoms with Crippen molar-refractivity contribution in [3.63, 3.8) is 0 Å². The number of unbranched alkanes of at least 4 members (excludes halogenated alkanes) is 2. The van der Waals surface area contributed by atoms with Crippen molar-refractivity contribution < 1.29 is 4.79 Å². The van der Waals surface area contributed by atoms with Crippen LogP contribution >= 0.6 is 0 Å². The van der Waals surface area contributed by atoms with Gasteiger partial charge in [-0.3, -0.25) is 4.79 Å². The Bertz CT molecular complexity index is 523. The minimum atomic E-state index is 0.185. The van der Waals surface area contributed by atoms with Crippen molar-refractivity contribution in [1.29, 1.82) is 0 Å². The average molecular weight is 286 g/mol. The van der Waals surface area contributed by atoms with Crippen molar-refractivity contribution in [3.8, 4) is 0 Å². The van der Waals surface area contributed by atoms with Crippen LogP contribution in [0.4, 0.5) is 0 Å². The summed E-state index contributed by atoms with van der Waals surface area (Å²) in [5, 5.41) is 0. The standard InChI is InChI=1S/C20H30O/c1-6-7-8-9-18(21)15-10-11-16-17(14-15)20(4,5)13-12-19(16,2)3/h10-11,14H,6-9,12-13H2,1-5H3. The maximum Gasteiger partial charge on any atom is 0.162 e. The number of fused-ring (bicyclic) bond motifs is 1. The first kappa shape index (κ1) is 16.3. The van der Waals surface area contributed by atoms with Gasteiger partial charge in [0.2, 0.25) is 0 Å². The zero-order valence-electron chi connectivity index (χ0n) is 14.4. The maximum atomic E-state index is 12.4. The third-order valence-electron chi connectivity index (χ3n) is 5.18. The van der Waals surface area contributed by atoms with Gasteiger partial charge in [-0.15, -0.1) is 0 Å². The van der Waals surface area contributed by atoms with Gasteiger partial charge in [0.25, 0.3) is 0 Å². The molecule has 0 unspecified atom stereocenters. The second-order valence-corrected chi connectivity index (χ2v) is 7.91. The first-order valence-electron chi connectivity index (χ1n) is 8.46. The molecule has 0 bridgehead atoms. The van der Waals surface area contributed by atoms with E-state index in [1.54, 1.807) is 0 Å². The summed E-state index contributed by atoms with van der Waals surface area (Å²) in [6.07, 6.45) is 6.43.